The van der Waals surface area contributed by atoms with Crippen LogP contribution in [0.1, 0.15) is 31.9 Å². The van der Waals surface area contributed by atoms with Gasteiger partial charge in [0.1, 0.15) is 5.75 Å². The smallest absolute Gasteiger partial charge is 0.118 e. The molecule has 0 spiro atoms. The lowest BCUT2D eigenvalue weighted by Gasteiger charge is -2.29. The minimum atomic E-state index is -0.339. The molecule has 1 aromatic carbocycles. The third-order valence-electron chi connectivity index (χ3n) is 3.60. The molecule has 1 aromatic rings. The number of hydrogen-bond acceptors (Lipinski definition) is 4. The maximum atomic E-state index is 9.63. The Morgan fingerprint density at radius 2 is 1.95 bits per heavy atom. The van der Waals surface area contributed by atoms with Gasteiger partial charge < -0.3 is 9.84 Å². The van der Waals surface area contributed by atoms with Gasteiger partial charge in [-0.2, -0.15) is 5.26 Å². The van der Waals surface area contributed by atoms with E-state index in [0.717, 1.165) is 24.3 Å². The molecule has 110 valence electrons. The van der Waals surface area contributed by atoms with Crippen LogP contribution in [-0.2, 0) is 0 Å². The molecule has 0 aromatic heterocycles. The van der Waals surface area contributed by atoms with Gasteiger partial charge in [-0.3, -0.25) is 4.90 Å². The highest BCUT2D eigenvalue weighted by molar-refractivity contribution is 5.29. The van der Waals surface area contributed by atoms with Crippen molar-refractivity contribution < 1.29 is 9.84 Å². The van der Waals surface area contributed by atoms with Crippen LogP contribution in [0.15, 0.2) is 24.3 Å². The van der Waals surface area contributed by atoms with Crippen LogP contribution in [0.4, 0.5) is 0 Å². The topological polar surface area (TPSA) is 56.5 Å². The third kappa shape index (κ3) is 4.52. The van der Waals surface area contributed by atoms with Crippen LogP contribution < -0.4 is 4.74 Å². The van der Waals surface area contributed by atoms with E-state index in [1.807, 2.05) is 45.2 Å². The molecule has 1 rings (SSSR count). The predicted molar refractivity (Wildman–Crippen MR) is 79.5 cm³/mol. The summed E-state index contributed by atoms with van der Waals surface area (Å²) in [5, 5.41) is 18.7. The first-order chi connectivity index (χ1) is 9.43. The summed E-state index contributed by atoms with van der Waals surface area (Å²) in [5.41, 5.74) is 0.708. The molecule has 0 aliphatic heterocycles. The summed E-state index contributed by atoms with van der Waals surface area (Å²) in [6.07, 6.45) is 0.770. The molecule has 20 heavy (non-hydrogen) atoms. The molecule has 1 atom stereocenters. The summed E-state index contributed by atoms with van der Waals surface area (Å²) in [6.45, 7) is 4.68. The van der Waals surface area contributed by atoms with Gasteiger partial charge in [0.15, 0.2) is 0 Å². The van der Waals surface area contributed by atoms with Gasteiger partial charge >= 0.3 is 0 Å². The number of rotatable bonds is 7. The number of likely N-dealkylation sites (N-methyl/N-ethyl adjacent to an activating group) is 1. The van der Waals surface area contributed by atoms with Gasteiger partial charge in [0, 0.05) is 6.54 Å². The van der Waals surface area contributed by atoms with Crippen LogP contribution in [0.25, 0.3) is 0 Å². The van der Waals surface area contributed by atoms with Crippen molar-refractivity contribution in [1.29, 1.82) is 5.26 Å². The van der Waals surface area contributed by atoms with Crippen molar-refractivity contribution in [1.82, 2.24) is 4.90 Å². The van der Waals surface area contributed by atoms with Crippen LogP contribution in [0.2, 0.25) is 0 Å². The van der Waals surface area contributed by atoms with Gasteiger partial charge in [0.2, 0.25) is 0 Å². The fraction of sp³-hybridized carbons (Fsp3) is 0.562. The molecule has 1 unspecified atom stereocenters. The average molecular weight is 276 g/mol. The quantitative estimate of drug-likeness (QED) is 0.831. The van der Waals surface area contributed by atoms with Gasteiger partial charge in [0.05, 0.1) is 31.2 Å². The Hall–Kier alpha value is -1.57. The lowest BCUT2D eigenvalue weighted by molar-refractivity contribution is 0.138. The second kappa shape index (κ2) is 7.28. The molecular weight excluding hydrogens is 252 g/mol. The molecule has 4 heteroatoms. The standard InChI is InChI=1S/C16H24N2O2/c1-16(2,12-17)9-10-18(3)15(11-19)13-5-7-14(20-4)8-6-13/h5-8,15,19H,9-11H2,1-4H3. The summed E-state index contributed by atoms with van der Waals surface area (Å²) in [5.74, 6) is 0.804. The van der Waals surface area contributed by atoms with Crippen molar-refractivity contribution in [2.24, 2.45) is 5.41 Å². The van der Waals surface area contributed by atoms with E-state index in [2.05, 4.69) is 11.0 Å². The fourth-order valence-electron chi connectivity index (χ4n) is 1.99. The Morgan fingerprint density at radius 1 is 1.35 bits per heavy atom. The third-order valence-corrected chi connectivity index (χ3v) is 3.60. The maximum absolute atomic E-state index is 9.63. The Labute approximate surface area is 121 Å². The summed E-state index contributed by atoms with van der Waals surface area (Å²) < 4.78 is 5.14. The van der Waals surface area contributed by atoms with Crippen molar-refractivity contribution in [2.75, 3.05) is 27.3 Å². The van der Waals surface area contributed by atoms with Crippen molar-refractivity contribution in [2.45, 2.75) is 26.3 Å². The summed E-state index contributed by atoms with van der Waals surface area (Å²) >= 11 is 0. The largest absolute Gasteiger partial charge is 0.497 e. The first kappa shape index (κ1) is 16.5. The number of hydrogen-bond donors (Lipinski definition) is 1. The Balaban J connectivity index is 2.71. The minimum absolute atomic E-state index is 0.0514. The van der Waals surface area contributed by atoms with E-state index >= 15 is 0 Å². The zero-order valence-electron chi connectivity index (χ0n) is 12.8. The van der Waals surface area contributed by atoms with Gasteiger partial charge in [-0.15, -0.1) is 0 Å². The molecule has 0 heterocycles. The average Bonchev–Trinajstić information content (AvgIpc) is 2.47. The van der Waals surface area contributed by atoms with Gasteiger partial charge in [-0.1, -0.05) is 12.1 Å². The van der Waals surface area contributed by atoms with Crippen LogP contribution in [0.3, 0.4) is 0 Å². The number of aliphatic hydroxyl groups excluding tert-OH is 1. The lowest BCUT2D eigenvalue weighted by Crippen LogP contribution is -2.30. The van der Waals surface area contributed by atoms with Crippen LogP contribution in [-0.4, -0.2) is 37.3 Å². The van der Waals surface area contributed by atoms with Gasteiger partial charge in [-0.25, -0.2) is 0 Å². The first-order valence-electron chi connectivity index (χ1n) is 6.80. The van der Waals surface area contributed by atoms with Crippen LogP contribution >= 0.6 is 0 Å². The molecule has 0 amide bonds. The number of methoxy groups -OCH3 is 1. The number of aliphatic hydroxyl groups is 1. The second-order valence-corrected chi connectivity index (χ2v) is 5.70. The number of nitriles is 1. The van der Waals surface area contributed by atoms with E-state index in [0.29, 0.717) is 0 Å². The monoisotopic (exact) mass is 276 g/mol. The Kier molecular flexibility index (Phi) is 6.00. The summed E-state index contributed by atoms with van der Waals surface area (Å²) in [7, 11) is 3.60. The fourth-order valence-corrected chi connectivity index (χ4v) is 1.99. The van der Waals surface area contributed by atoms with E-state index < -0.39 is 0 Å². The van der Waals surface area contributed by atoms with E-state index in [-0.39, 0.29) is 18.1 Å². The molecule has 1 N–H and O–H groups in total. The molecule has 0 bridgehead atoms. The lowest BCUT2D eigenvalue weighted by atomic mass is 9.91. The normalized spacial score (nSPS) is 13.1. The highest BCUT2D eigenvalue weighted by Gasteiger charge is 2.21. The highest BCUT2D eigenvalue weighted by Crippen LogP contribution is 2.25. The minimum Gasteiger partial charge on any atom is -0.497 e. The van der Waals surface area contributed by atoms with Crippen LogP contribution in [0, 0.1) is 16.7 Å². The highest BCUT2D eigenvalue weighted by atomic mass is 16.5. The Bertz CT molecular complexity index is 449. The second-order valence-electron chi connectivity index (χ2n) is 5.70. The number of benzene rings is 1. The zero-order valence-corrected chi connectivity index (χ0v) is 12.8. The Morgan fingerprint density at radius 3 is 2.40 bits per heavy atom. The molecule has 0 radical (unpaired) electrons. The number of ether oxygens (including phenoxy) is 1. The van der Waals surface area contributed by atoms with E-state index in [1.165, 1.54) is 0 Å². The molecule has 0 saturated carbocycles. The van der Waals surface area contributed by atoms with Crippen LogP contribution in [0.5, 0.6) is 5.75 Å². The zero-order chi connectivity index (χ0) is 15.2. The molecule has 4 nitrogen and oxygen atoms in total. The summed E-state index contributed by atoms with van der Waals surface area (Å²) in [6, 6.07) is 9.96. The molecule has 0 fully saturated rings. The van der Waals surface area contributed by atoms with Crippen molar-refractivity contribution in [3.8, 4) is 11.8 Å². The first-order valence-corrected chi connectivity index (χ1v) is 6.80. The van der Waals surface area contributed by atoms with Gasteiger partial charge in [0.25, 0.3) is 0 Å². The van der Waals surface area contributed by atoms with Crippen molar-refractivity contribution in [3.63, 3.8) is 0 Å². The molecule has 0 saturated heterocycles. The maximum Gasteiger partial charge on any atom is 0.118 e. The van der Waals surface area contributed by atoms with Crippen molar-refractivity contribution >= 4 is 0 Å². The molecule has 0 aliphatic rings. The number of nitrogens with zero attached hydrogens (tertiary/aromatic N) is 2. The van der Waals surface area contributed by atoms with E-state index in [9.17, 15) is 5.11 Å². The molecular formula is C16H24N2O2. The SMILES string of the molecule is COc1ccc(C(CO)N(C)CCC(C)(C)C#N)cc1. The molecule has 0 aliphatic carbocycles. The van der Waals surface area contributed by atoms with Gasteiger partial charge in [-0.05, 0) is 45.0 Å². The van der Waals surface area contributed by atoms with E-state index in [4.69, 9.17) is 10.00 Å². The summed E-state index contributed by atoms with van der Waals surface area (Å²) in [4.78, 5) is 2.08. The predicted octanol–water partition coefficient (Wildman–Crippen LogP) is 2.60. The van der Waals surface area contributed by atoms with E-state index in [1.54, 1.807) is 7.11 Å². The van der Waals surface area contributed by atoms with Crippen molar-refractivity contribution in [3.05, 3.63) is 29.8 Å².